The molecule has 0 aliphatic rings. The van der Waals surface area contributed by atoms with Gasteiger partial charge in [-0.15, -0.1) is 0 Å². The Labute approximate surface area is 113 Å². The average Bonchev–Trinajstić information content (AvgIpc) is 2.33. The predicted molar refractivity (Wildman–Crippen MR) is 73.2 cm³/mol. The normalized spacial score (nSPS) is 11.8. The molecule has 0 spiro atoms. The number of aliphatic carboxylic acids is 1. The van der Waals surface area contributed by atoms with Gasteiger partial charge in [0.1, 0.15) is 6.04 Å². The van der Waals surface area contributed by atoms with E-state index in [4.69, 9.17) is 5.11 Å². The third-order valence-electron chi connectivity index (χ3n) is 1.97. The highest BCUT2D eigenvalue weighted by molar-refractivity contribution is 8.76. The summed E-state index contributed by atoms with van der Waals surface area (Å²) in [5, 5.41) is 11.3. The molecule has 1 heterocycles. The Morgan fingerprint density at radius 2 is 2.06 bits per heavy atom. The summed E-state index contributed by atoms with van der Waals surface area (Å²) in [7, 11) is 2.98. The monoisotopic (exact) mass is 286 g/mol. The van der Waals surface area contributed by atoms with Crippen LogP contribution in [0.15, 0.2) is 24.5 Å². The number of hydrogen-bond acceptors (Lipinski definition) is 5. The molecule has 1 amide bonds. The molecule has 98 valence electrons. The molecule has 0 saturated carbocycles. The minimum absolute atomic E-state index is 0.331. The van der Waals surface area contributed by atoms with Crippen LogP contribution in [0.4, 0.5) is 0 Å². The van der Waals surface area contributed by atoms with Gasteiger partial charge in [-0.05, 0) is 17.7 Å². The Bertz CT molecular complexity index is 401. The lowest BCUT2D eigenvalue weighted by molar-refractivity contribution is -0.140. The zero-order chi connectivity index (χ0) is 13.4. The van der Waals surface area contributed by atoms with Crippen molar-refractivity contribution >= 4 is 33.5 Å². The molecular weight excluding hydrogens is 272 g/mol. The number of carboxylic acids is 1. The molecule has 1 atom stereocenters. The molecule has 0 aliphatic heterocycles. The summed E-state index contributed by atoms with van der Waals surface area (Å²) in [5.74, 6) is -0.228. The van der Waals surface area contributed by atoms with Crippen LogP contribution in [0.5, 0.6) is 0 Å². The van der Waals surface area contributed by atoms with Gasteiger partial charge in [0.05, 0.1) is 0 Å². The number of hydrogen-bond donors (Lipinski definition) is 2. The number of pyridine rings is 1. The van der Waals surface area contributed by atoms with E-state index in [2.05, 4.69) is 10.3 Å². The zero-order valence-electron chi connectivity index (χ0n) is 9.83. The largest absolute Gasteiger partial charge is 0.480 e. The van der Waals surface area contributed by atoms with Crippen molar-refractivity contribution in [3.63, 3.8) is 0 Å². The summed E-state index contributed by atoms with van der Waals surface area (Å²) in [5.41, 5.74) is 1.13. The summed E-state index contributed by atoms with van der Waals surface area (Å²) in [6, 6.07) is 2.99. The molecule has 5 nitrogen and oxygen atoms in total. The summed E-state index contributed by atoms with van der Waals surface area (Å²) < 4.78 is 0. The van der Waals surface area contributed by atoms with Crippen LogP contribution in [0, 0.1) is 0 Å². The highest BCUT2D eigenvalue weighted by atomic mass is 33.1. The molecule has 0 bridgehead atoms. The Kier molecular flexibility index (Phi) is 6.59. The van der Waals surface area contributed by atoms with Gasteiger partial charge >= 0.3 is 5.97 Å². The van der Waals surface area contributed by atoms with E-state index < -0.39 is 12.0 Å². The van der Waals surface area contributed by atoms with Gasteiger partial charge in [-0.2, -0.15) is 0 Å². The topological polar surface area (TPSA) is 79.3 Å². The first-order valence-electron chi connectivity index (χ1n) is 5.23. The third kappa shape index (κ3) is 5.92. The molecule has 18 heavy (non-hydrogen) atoms. The van der Waals surface area contributed by atoms with E-state index in [1.165, 1.54) is 17.7 Å². The van der Waals surface area contributed by atoms with E-state index in [0.29, 0.717) is 5.75 Å². The summed E-state index contributed by atoms with van der Waals surface area (Å²) in [6.45, 7) is 1.31. The van der Waals surface area contributed by atoms with Crippen molar-refractivity contribution < 1.29 is 14.7 Å². The maximum absolute atomic E-state index is 10.9. The number of carbonyl (C=O) groups excluding carboxylic acids is 1. The van der Waals surface area contributed by atoms with Crippen molar-refractivity contribution in [3.05, 3.63) is 30.1 Å². The molecule has 7 heteroatoms. The minimum atomic E-state index is -1.01. The van der Waals surface area contributed by atoms with Gasteiger partial charge in [-0.25, -0.2) is 4.79 Å². The molecule has 0 fully saturated rings. The summed E-state index contributed by atoms with van der Waals surface area (Å²) >= 11 is 0. The van der Waals surface area contributed by atoms with Crippen LogP contribution < -0.4 is 5.32 Å². The third-order valence-corrected chi connectivity index (χ3v) is 4.32. The second-order valence-electron chi connectivity index (χ2n) is 3.49. The van der Waals surface area contributed by atoms with Crippen molar-refractivity contribution in [2.24, 2.45) is 0 Å². The molecule has 0 radical (unpaired) electrons. The van der Waals surface area contributed by atoms with Gasteiger partial charge in [-0.3, -0.25) is 9.78 Å². The fourth-order valence-corrected chi connectivity index (χ4v) is 3.35. The fraction of sp³-hybridized carbons (Fsp3) is 0.364. The van der Waals surface area contributed by atoms with Gasteiger partial charge in [0.15, 0.2) is 0 Å². The van der Waals surface area contributed by atoms with Crippen LogP contribution in [0.2, 0.25) is 0 Å². The van der Waals surface area contributed by atoms with Crippen molar-refractivity contribution in [1.82, 2.24) is 10.3 Å². The number of nitrogens with zero attached hydrogens (tertiary/aromatic N) is 1. The Balaban J connectivity index is 2.27. The van der Waals surface area contributed by atoms with Gasteiger partial charge in [0.2, 0.25) is 5.91 Å². The van der Waals surface area contributed by atoms with Crippen LogP contribution in [-0.2, 0) is 15.3 Å². The first-order valence-corrected chi connectivity index (χ1v) is 7.71. The number of carbonyl (C=O) groups is 2. The number of amides is 1. The molecule has 1 aromatic heterocycles. The molecule has 0 unspecified atom stereocenters. The Morgan fingerprint density at radius 3 is 2.61 bits per heavy atom. The van der Waals surface area contributed by atoms with Gasteiger partial charge in [0, 0.05) is 30.8 Å². The van der Waals surface area contributed by atoms with E-state index in [-0.39, 0.29) is 5.91 Å². The molecule has 1 rings (SSSR count). The van der Waals surface area contributed by atoms with E-state index in [1.54, 1.807) is 23.2 Å². The molecular formula is C11H14N2O3S2. The van der Waals surface area contributed by atoms with Crippen molar-refractivity contribution in [3.8, 4) is 0 Å². The smallest absolute Gasteiger partial charge is 0.327 e. The van der Waals surface area contributed by atoms with E-state index in [9.17, 15) is 9.59 Å². The highest BCUT2D eigenvalue weighted by Crippen LogP contribution is 2.26. The maximum Gasteiger partial charge on any atom is 0.327 e. The number of nitrogens with one attached hydrogen (secondary N) is 1. The lowest BCUT2D eigenvalue weighted by Crippen LogP contribution is -2.41. The van der Waals surface area contributed by atoms with Crippen LogP contribution in [0.1, 0.15) is 12.5 Å². The number of carboxylic acid groups (broad SMARTS) is 1. The van der Waals surface area contributed by atoms with Crippen molar-refractivity contribution in [2.45, 2.75) is 18.7 Å². The van der Waals surface area contributed by atoms with Crippen LogP contribution in [0.25, 0.3) is 0 Å². The van der Waals surface area contributed by atoms with Crippen LogP contribution >= 0.6 is 21.6 Å². The Hall–Kier alpha value is -1.21. The van der Waals surface area contributed by atoms with Gasteiger partial charge in [-0.1, -0.05) is 21.6 Å². The van der Waals surface area contributed by atoms with Gasteiger partial charge in [0.25, 0.3) is 0 Å². The molecule has 1 aromatic rings. The second-order valence-corrected chi connectivity index (χ2v) is 6.00. The zero-order valence-corrected chi connectivity index (χ0v) is 11.5. The lowest BCUT2D eigenvalue weighted by atomic mass is 10.3. The van der Waals surface area contributed by atoms with Crippen LogP contribution in [-0.4, -0.2) is 33.8 Å². The summed E-state index contributed by atoms with van der Waals surface area (Å²) in [6.07, 6.45) is 3.44. The second kappa shape index (κ2) is 7.99. The molecule has 0 saturated heterocycles. The van der Waals surface area contributed by atoms with Crippen molar-refractivity contribution in [2.75, 3.05) is 5.75 Å². The number of rotatable bonds is 7. The summed E-state index contributed by atoms with van der Waals surface area (Å²) in [4.78, 5) is 25.6. The molecule has 2 N–H and O–H groups in total. The quantitative estimate of drug-likeness (QED) is 0.585. The SMILES string of the molecule is CC(=O)N[C@@H](CSSCc1ccncc1)C(=O)O. The maximum atomic E-state index is 10.9. The standard InChI is InChI=1S/C11H14N2O3S2/c1-8(14)13-10(11(15)16)7-18-17-6-9-2-4-12-5-3-9/h2-5,10H,6-7H2,1H3,(H,13,14)(H,15,16)/t10-/m0/s1. The molecule has 0 aliphatic carbocycles. The van der Waals surface area contributed by atoms with E-state index in [0.717, 1.165) is 11.3 Å². The van der Waals surface area contributed by atoms with Gasteiger partial charge < -0.3 is 10.4 Å². The van der Waals surface area contributed by atoms with Crippen molar-refractivity contribution in [1.29, 1.82) is 0 Å². The average molecular weight is 286 g/mol. The Morgan fingerprint density at radius 1 is 1.39 bits per heavy atom. The van der Waals surface area contributed by atoms with E-state index >= 15 is 0 Å². The molecule has 0 aromatic carbocycles. The minimum Gasteiger partial charge on any atom is -0.480 e. The number of aromatic nitrogens is 1. The predicted octanol–water partition coefficient (Wildman–Crippen LogP) is 1.55. The van der Waals surface area contributed by atoms with Crippen LogP contribution in [0.3, 0.4) is 0 Å². The lowest BCUT2D eigenvalue weighted by Gasteiger charge is -2.12. The first-order chi connectivity index (χ1) is 8.59. The van der Waals surface area contributed by atoms with E-state index in [1.807, 2.05) is 12.1 Å². The highest BCUT2D eigenvalue weighted by Gasteiger charge is 2.18. The first kappa shape index (κ1) is 14.8. The fourth-order valence-electron chi connectivity index (χ4n) is 1.12.